The highest BCUT2D eigenvalue weighted by atomic mass is 35.5. The molecule has 0 aliphatic rings. The number of hydrogen-bond acceptors (Lipinski definition) is 4. The first-order valence-corrected chi connectivity index (χ1v) is 12.8. The third kappa shape index (κ3) is 7.40. The van der Waals surface area contributed by atoms with E-state index >= 15 is 0 Å². The number of nitrogens with one attached hydrogen (secondary N) is 2. The summed E-state index contributed by atoms with van der Waals surface area (Å²) in [6.07, 6.45) is 1.63. The van der Waals surface area contributed by atoms with Crippen LogP contribution < -0.4 is 15.4 Å². The monoisotopic (exact) mass is 545 g/mol. The molecular formula is C27H33Cl2N5O3. The number of methoxy groups -OCH3 is 1. The van der Waals surface area contributed by atoms with Gasteiger partial charge in [-0.15, -0.1) is 0 Å². The summed E-state index contributed by atoms with van der Waals surface area (Å²) in [5.74, 6) is 0.651. The highest BCUT2D eigenvalue weighted by molar-refractivity contribution is 6.42. The topological polar surface area (TPSA) is 88.5 Å². The number of amides is 3. The Hall–Kier alpha value is -3.23. The molecule has 0 fully saturated rings. The summed E-state index contributed by atoms with van der Waals surface area (Å²) in [6, 6.07) is 13.7. The SMILES string of the molecule is CCCCN(CC(=O)Nc1cc(C(C)(C)C)nn1-c1ccc(Cl)c(Cl)c1)C(=O)Nc1ccccc1OC. The first kappa shape index (κ1) is 28.3. The summed E-state index contributed by atoms with van der Waals surface area (Å²) in [5, 5.41) is 11.3. The summed E-state index contributed by atoms with van der Waals surface area (Å²) in [6.45, 7) is 8.42. The van der Waals surface area contributed by atoms with E-state index in [1.807, 2.05) is 39.8 Å². The third-order valence-corrected chi connectivity index (χ3v) is 6.38. The number of halogens is 2. The smallest absolute Gasteiger partial charge is 0.322 e. The van der Waals surface area contributed by atoms with Crippen molar-refractivity contribution in [2.24, 2.45) is 0 Å². The molecule has 3 aromatic rings. The van der Waals surface area contributed by atoms with Gasteiger partial charge >= 0.3 is 6.03 Å². The summed E-state index contributed by atoms with van der Waals surface area (Å²) in [7, 11) is 1.54. The van der Waals surface area contributed by atoms with Crippen LogP contribution in [0.5, 0.6) is 5.75 Å². The molecule has 0 saturated carbocycles. The minimum atomic E-state index is -0.388. The van der Waals surface area contributed by atoms with Gasteiger partial charge in [0.05, 0.1) is 34.2 Å². The van der Waals surface area contributed by atoms with Crippen molar-refractivity contribution in [1.29, 1.82) is 0 Å². The van der Waals surface area contributed by atoms with Gasteiger partial charge in [0.2, 0.25) is 5.91 Å². The molecule has 3 rings (SSSR count). The molecule has 0 unspecified atom stereocenters. The number of carbonyl (C=O) groups excluding carboxylic acids is 2. The molecule has 0 atom stereocenters. The van der Waals surface area contributed by atoms with Crippen LogP contribution in [-0.2, 0) is 10.2 Å². The summed E-state index contributed by atoms with van der Waals surface area (Å²) in [5.41, 5.74) is 1.70. The van der Waals surface area contributed by atoms with Gasteiger partial charge in [-0.25, -0.2) is 9.48 Å². The van der Waals surface area contributed by atoms with Gasteiger partial charge in [-0.05, 0) is 36.8 Å². The molecule has 0 radical (unpaired) electrons. The summed E-state index contributed by atoms with van der Waals surface area (Å²) >= 11 is 12.3. The van der Waals surface area contributed by atoms with Gasteiger partial charge in [0, 0.05) is 18.0 Å². The van der Waals surface area contributed by atoms with Crippen molar-refractivity contribution in [2.75, 3.05) is 30.8 Å². The van der Waals surface area contributed by atoms with E-state index in [0.29, 0.717) is 39.5 Å². The number of nitrogens with zero attached hydrogens (tertiary/aromatic N) is 3. The molecule has 1 aromatic heterocycles. The number of hydrogen-bond donors (Lipinski definition) is 2. The fourth-order valence-electron chi connectivity index (χ4n) is 3.55. The molecule has 0 aliphatic carbocycles. The Morgan fingerprint density at radius 1 is 1.05 bits per heavy atom. The van der Waals surface area contributed by atoms with Crippen molar-refractivity contribution in [3.05, 3.63) is 64.3 Å². The van der Waals surface area contributed by atoms with E-state index in [4.69, 9.17) is 33.0 Å². The second kappa shape index (κ2) is 12.3. The van der Waals surface area contributed by atoms with Crippen LogP contribution in [0.15, 0.2) is 48.5 Å². The molecule has 0 aliphatic heterocycles. The van der Waals surface area contributed by atoms with Crippen LogP contribution in [0.1, 0.15) is 46.2 Å². The minimum absolute atomic E-state index is 0.140. The van der Waals surface area contributed by atoms with Gasteiger partial charge in [-0.2, -0.15) is 5.10 Å². The zero-order valence-electron chi connectivity index (χ0n) is 21.8. The number of carbonyl (C=O) groups is 2. The molecule has 3 amide bonds. The molecular weight excluding hydrogens is 513 g/mol. The largest absolute Gasteiger partial charge is 0.495 e. The van der Waals surface area contributed by atoms with Gasteiger partial charge < -0.3 is 20.3 Å². The zero-order valence-corrected chi connectivity index (χ0v) is 23.3. The van der Waals surface area contributed by atoms with Crippen LogP contribution in [0, 0.1) is 0 Å². The molecule has 37 heavy (non-hydrogen) atoms. The first-order valence-electron chi connectivity index (χ1n) is 12.1. The van der Waals surface area contributed by atoms with Crippen LogP contribution in [0.3, 0.4) is 0 Å². The molecule has 0 spiro atoms. The standard InChI is InChI=1S/C27H33Cl2N5O3/c1-6-7-14-33(26(36)30-21-10-8-9-11-22(21)37-5)17-25(35)31-24-16-23(27(2,3)4)32-34(24)18-12-13-19(28)20(29)15-18/h8-13,15-16H,6-7,14,17H2,1-5H3,(H,30,36)(H,31,35). The Kier molecular flexibility index (Phi) is 9.45. The zero-order chi connectivity index (χ0) is 27.2. The van der Waals surface area contributed by atoms with E-state index < -0.39 is 0 Å². The van der Waals surface area contributed by atoms with Crippen LogP contribution in [0.2, 0.25) is 10.0 Å². The van der Waals surface area contributed by atoms with Gasteiger partial charge in [-0.1, -0.05) is 69.5 Å². The lowest BCUT2D eigenvalue weighted by Crippen LogP contribution is -2.41. The highest BCUT2D eigenvalue weighted by Crippen LogP contribution is 2.29. The molecule has 0 saturated heterocycles. The fraction of sp³-hybridized carbons (Fsp3) is 0.370. The molecule has 2 N–H and O–H groups in total. The Balaban J connectivity index is 1.84. The minimum Gasteiger partial charge on any atom is -0.495 e. The fourth-order valence-corrected chi connectivity index (χ4v) is 3.84. The van der Waals surface area contributed by atoms with Crippen molar-refractivity contribution in [2.45, 2.75) is 46.0 Å². The predicted octanol–water partition coefficient (Wildman–Crippen LogP) is 6.76. The number of rotatable bonds is 9. The maximum atomic E-state index is 13.2. The first-order chi connectivity index (χ1) is 17.5. The molecule has 8 nitrogen and oxygen atoms in total. The molecule has 0 bridgehead atoms. The molecule has 2 aromatic carbocycles. The number of unbranched alkanes of at least 4 members (excludes halogenated alkanes) is 1. The summed E-state index contributed by atoms with van der Waals surface area (Å²) in [4.78, 5) is 27.8. The van der Waals surface area contributed by atoms with E-state index in [1.54, 1.807) is 41.1 Å². The van der Waals surface area contributed by atoms with Gasteiger partial charge in [-0.3, -0.25) is 4.79 Å². The van der Waals surface area contributed by atoms with E-state index in [-0.39, 0.29) is 23.9 Å². The Morgan fingerprint density at radius 3 is 2.43 bits per heavy atom. The van der Waals surface area contributed by atoms with Gasteiger partial charge in [0.1, 0.15) is 18.1 Å². The van der Waals surface area contributed by atoms with E-state index in [1.165, 1.54) is 12.0 Å². The number of para-hydroxylation sites is 2. The maximum absolute atomic E-state index is 13.2. The van der Waals surface area contributed by atoms with Crippen LogP contribution >= 0.6 is 23.2 Å². The average molecular weight is 546 g/mol. The molecule has 1 heterocycles. The van der Waals surface area contributed by atoms with Gasteiger partial charge in [0.25, 0.3) is 0 Å². The predicted molar refractivity (Wildman–Crippen MR) is 149 cm³/mol. The number of anilines is 2. The van der Waals surface area contributed by atoms with Crippen LogP contribution in [0.4, 0.5) is 16.3 Å². The lowest BCUT2D eigenvalue weighted by Gasteiger charge is -2.23. The van der Waals surface area contributed by atoms with E-state index in [0.717, 1.165) is 18.5 Å². The lowest BCUT2D eigenvalue weighted by atomic mass is 9.92. The molecule has 198 valence electrons. The second-order valence-electron chi connectivity index (χ2n) is 9.63. The maximum Gasteiger partial charge on any atom is 0.322 e. The van der Waals surface area contributed by atoms with Crippen molar-refractivity contribution < 1.29 is 14.3 Å². The Labute approximate surface area is 227 Å². The average Bonchev–Trinajstić information content (AvgIpc) is 3.28. The second-order valence-corrected chi connectivity index (χ2v) is 10.4. The third-order valence-electron chi connectivity index (χ3n) is 5.64. The van der Waals surface area contributed by atoms with Crippen molar-refractivity contribution in [1.82, 2.24) is 14.7 Å². The lowest BCUT2D eigenvalue weighted by molar-refractivity contribution is -0.116. The van der Waals surface area contributed by atoms with Crippen molar-refractivity contribution in [3.63, 3.8) is 0 Å². The van der Waals surface area contributed by atoms with E-state index in [9.17, 15) is 9.59 Å². The number of urea groups is 1. The Bertz CT molecular complexity index is 1250. The normalized spacial score (nSPS) is 11.2. The number of aromatic nitrogens is 2. The summed E-state index contributed by atoms with van der Waals surface area (Å²) < 4.78 is 6.95. The van der Waals surface area contributed by atoms with Crippen molar-refractivity contribution >= 4 is 46.6 Å². The van der Waals surface area contributed by atoms with E-state index in [2.05, 4.69) is 10.6 Å². The quantitative estimate of drug-likeness (QED) is 0.311. The van der Waals surface area contributed by atoms with Crippen molar-refractivity contribution in [3.8, 4) is 11.4 Å². The number of ether oxygens (including phenoxy) is 1. The van der Waals surface area contributed by atoms with Crippen LogP contribution in [-0.4, -0.2) is 46.8 Å². The van der Waals surface area contributed by atoms with Crippen LogP contribution in [0.25, 0.3) is 5.69 Å². The van der Waals surface area contributed by atoms with Gasteiger partial charge in [0.15, 0.2) is 0 Å². The number of benzene rings is 2. The highest BCUT2D eigenvalue weighted by Gasteiger charge is 2.23. The molecule has 10 heteroatoms. The Morgan fingerprint density at radius 2 is 1.78 bits per heavy atom.